The summed E-state index contributed by atoms with van der Waals surface area (Å²) in [6.07, 6.45) is 1.74. The minimum absolute atomic E-state index is 0. The summed E-state index contributed by atoms with van der Waals surface area (Å²) in [6, 6.07) is 5.71. The standard InChI is InChI=1S/C5H7N2P.Ir/c8-7-5-3-1-2-4-6-5;/h1-4H,8H2,(H,6,7);. The SMILES string of the molecule is PNc1ccccn1.[Ir]. The van der Waals surface area contributed by atoms with Crippen LogP contribution in [0.1, 0.15) is 0 Å². The third kappa shape index (κ3) is 2.90. The van der Waals surface area contributed by atoms with Crippen LogP contribution in [0.2, 0.25) is 0 Å². The molecule has 1 rings (SSSR count). The Morgan fingerprint density at radius 2 is 2.22 bits per heavy atom. The van der Waals surface area contributed by atoms with Crippen molar-refractivity contribution in [2.75, 3.05) is 5.09 Å². The van der Waals surface area contributed by atoms with Gasteiger partial charge in [-0.3, -0.25) is 0 Å². The van der Waals surface area contributed by atoms with Crippen LogP contribution in [0.3, 0.4) is 0 Å². The summed E-state index contributed by atoms with van der Waals surface area (Å²) < 4.78 is 0. The zero-order valence-corrected chi connectivity index (χ0v) is 8.22. The molecule has 0 amide bonds. The van der Waals surface area contributed by atoms with Crippen LogP contribution < -0.4 is 5.09 Å². The van der Waals surface area contributed by atoms with E-state index in [1.165, 1.54) is 0 Å². The van der Waals surface area contributed by atoms with E-state index in [0.717, 1.165) is 5.82 Å². The third-order valence-electron chi connectivity index (χ3n) is 0.813. The van der Waals surface area contributed by atoms with Crippen LogP contribution in [0.15, 0.2) is 24.4 Å². The third-order valence-corrected chi connectivity index (χ3v) is 1.11. The molecule has 4 heteroatoms. The summed E-state index contributed by atoms with van der Waals surface area (Å²) in [5.41, 5.74) is 0. The monoisotopic (exact) mass is 319 g/mol. The second-order valence-electron chi connectivity index (χ2n) is 1.36. The van der Waals surface area contributed by atoms with Gasteiger partial charge in [0.05, 0.1) is 0 Å². The topological polar surface area (TPSA) is 24.9 Å². The van der Waals surface area contributed by atoms with Crippen molar-refractivity contribution >= 4 is 15.2 Å². The average Bonchev–Trinajstić information content (AvgIpc) is 1.90. The molecule has 0 saturated heterocycles. The van der Waals surface area contributed by atoms with Gasteiger partial charge in [0.25, 0.3) is 0 Å². The molecule has 1 heterocycles. The van der Waals surface area contributed by atoms with Gasteiger partial charge < -0.3 is 5.09 Å². The van der Waals surface area contributed by atoms with Crippen molar-refractivity contribution in [1.82, 2.24) is 4.98 Å². The fourth-order valence-electron chi connectivity index (χ4n) is 0.448. The van der Waals surface area contributed by atoms with E-state index >= 15 is 0 Å². The molecular formula is C5H7IrN2P. The Hall–Kier alpha value is 0.0294. The van der Waals surface area contributed by atoms with Gasteiger partial charge in [0, 0.05) is 26.3 Å². The summed E-state index contributed by atoms with van der Waals surface area (Å²) in [4.78, 5) is 3.97. The van der Waals surface area contributed by atoms with E-state index in [4.69, 9.17) is 0 Å². The molecular weight excluding hydrogens is 311 g/mol. The minimum atomic E-state index is 0. The molecule has 9 heavy (non-hydrogen) atoms. The molecule has 51 valence electrons. The number of hydrogen-bond donors (Lipinski definition) is 1. The Balaban J connectivity index is 0.000000640. The molecule has 0 spiro atoms. The predicted molar refractivity (Wildman–Crippen MR) is 37.6 cm³/mol. The molecule has 2 nitrogen and oxygen atoms in total. The van der Waals surface area contributed by atoms with Crippen LogP contribution >= 0.6 is 9.39 Å². The zero-order chi connectivity index (χ0) is 5.82. The summed E-state index contributed by atoms with van der Waals surface area (Å²) in [6.45, 7) is 0. The Labute approximate surface area is 70.1 Å². The van der Waals surface area contributed by atoms with Crippen molar-refractivity contribution in [2.45, 2.75) is 0 Å². The molecule has 0 saturated carbocycles. The zero-order valence-electron chi connectivity index (χ0n) is 4.67. The average molecular weight is 318 g/mol. The molecule has 1 radical (unpaired) electrons. The van der Waals surface area contributed by atoms with Crippen molar-refractivity contribution < 1.29 is 20.1 Å². The van der Waals surface area contributed by atoms with E-state index < -0.39 is 0 Å². The molecule has 0 aliphatic carbocycles. The minimum Gasteiger partial charge on any atom is -0.355 e. The van der Waals surface area contributed by atoms with Gasteiger partial charge in [-0.2, -0.15) is 0 Å². The Morgan fingerprint density at radius 3 is 2.56 bits per heavy atom. The van der Waals surface area contributed by atoms with Gasteiger partial charge in [0.2, 0.25) is 0 Å². The molecule has 1 aromatic rings. The number of rotatable bonds is 1. The molecule has 1 aromatic heterocycles. The van der Waals surface area contributed by atoms with Crippen molar-refractivity contribution in [3.05, 3.63) is 24.4 Å². The molecule has 0 aliphatic heterocycles. The number of pyridine rings is 1. The number of nitrogens with zero attached hydrogens (tertiary/aromatic N) is 1. The van der Waals surface area contributed by atoms with Gasteiger partial charge in [-0.05, 0) is 21.5 Å². The van der Waals surface area contributed by atoms with Gasteiger partial charge in [-0.15, -0.1) is 0 Å². The smallest absolute Gasteiger partial charge is 0.128 e. The molecule has 0 fully saturated rings. The van der Waals surface area contributed by atoms with E-state index in [9.17, 15) is 0 Å². The summed E-state index contributed by atoms with van der Waals surface area (Å²) in [5, 5.41) is 2.83. The summed E-state index contributed by atoms with van der Waals surface area (Å²) in [5.74, 6) is 0.873. The first-order valence-corrected chi connectivity index (χ1v) is 2.89. The summed E-state index contributed by atoms with van der Waals surface area (Å²) in [7, 11) is 2.38. The maximum absolute atomic E-state index is 3.97. The van der Waals surface area contributed by atoms with E-state index in [-0.39, 0.29) is 20.1 Å². The summed E-state index contributed by atoms with van der Waals surface area (Å²) >= 11 is 0. The number of nitrogens with one attached hydrogen (secondary N) is 1. The predicted octanol–water partition coefficient (Wildman–Crippen LogP) is 1.28. The van der Waals surface area contributed by atoms with Gasteiger partial charge in [0.15, 0.2) is 0 Å². The van der Waals surface area contributed by atoms with Crippen molar-refractivity contribution in [3.8, 4) is 0 Å². The Morgan fingerprint density at radius 1 is 1.44 bits per heavy atom. The molecule has 1 unspecified atom stereocenters. The van der Waals surface area contributed by atoms with Crippen LogP contribution in [0.5, 0.6) is 0 Å². The van der Waals surface area contributed by atoms with E-state index in [1.54, 1.807) is 6.20 Å². The van der Waals surface area contributed by atoms with Crippen molar-refractivity contribution in [3.63, 3.8) is 0 Å². The maximum atomic E-state index is 3.97. The Kier molecular flexibility index (Phi) is 4.88. The quantitative estimate of drug-likeness (QED) is 0.789. The van der Waals surface area contributed by atoms with Gasteiger partial charge >= 0.3 is 0 Å². The van der Waals surface area contributed by atoms with Gasteiger partial charge in [-0.1, -0.05) is 6.07 Å². The first-order valence-electron chi connectivity index (χ1n) is 2.31. The molecule has 1 atom stereocenters. The first-order chi connectivity index (χ1) is 3.93. The van der Waals surface area contributed by atoms with Gasteiger partial charge in [-0.25, -0.2) is 4.98 Å². The normalized spacial score (nSPS) is 7.67. The van der Waals surface area contributed by atoms with Crippen LogP contribution in [0, 0.1) is 0 Å². The Bertz CT molecular complexity index is 156. The largest absolute Gasteiger partial charge is 0.355 e. The number of anilines is 1. The van der Waals surface area contributed by atoms with Crippen LogP contribution in [0.4, 0.5) is 5.82 Å². The molecule has 0 bridgehead atoms. The van der Waals surface area contributed by atoms with E-state index in [1.807, 2.05) is 18.2 Å². The van der Waals surface area contributed by atoms with E-state index in [2.05, 4.69) is 19.5 Å². The first kappa shape index (κ1) is 9.03. The fourth-order valence-corrected chi connectivity index (χ4v) is 0.619. The van der Waals surface area contributed by atoms with E-state index in [0.29, 0.717) is 0 Å². The fraction of sp³-hybridized carbons (Fsp3) is 0. The van der Waals surface area contributed by atoms with Crippen molar-refractivity contribution in [1.29, 1.82) is 0 Å². The van der Waals surface area contributed by atoms with Gasteiger partial charge in [0.1, 0.15) is 5.82 Å². The number of hydrogen-bond acceptors (Lipinski definition) is 2. The van der Waals surface area contributed by atoms with Crippen LogP contribution in [-0.2, 0) is 20.1 Å². The molecule has 0 aromatic carbocycles. The molecule has 0 aliphatic rings. The van der Waals surface area contributed by atoms with Crippen molar-refractivity contribution in [2.24, 2.45) is 0 Å². The molecule has 1 N–H and O–H groups in total. The number of aromatic nitrogens is 1. The second-order valence-corrected chi connectivity index (χ2v) is 1.65. The van der Waals surface area contributed by atoms with Crippen LogP contribution in [0.25, 0.3) is 0 Å². The van der Waals surface area contributed by atoms with Crippen LogP contribution in [-0.4, -0.2) is 4.98 Å². The second kappa shape index (κ2) is 4.87. The maximum Gasteiger partial charge on any atom is 0.128 e.